The van der Waals surface area contributed by atoms with Gasteiger partial charge >= 0.3 is 0 Å². The molecule has 1 aromatic carbocycles. The van der Waals surface area contributed by atoms with Gasteiger partial charge in [0.15, 0.2) is 0 Å². The van der Waals surface area contributed by atoms with Crippen LogP contribution in [-0.2, 0) is 6.54 Å². The maximum atomic E-state index is 4.39. The van der Waals surface area contributed by atoms with Crippen LogP contribution in [0.25, 0.3) is 10.9 Å². The molecule has 20 heavy (non-hydrogen) atoms. The Balaban J connectivity index is 1.50. The summed E-state index contributed by atoms with van der Waals surface area (Å²) in [6.07, 6.45) is 4.60. The van der Waals surface area contributed by atoms with Crippen LogP contribution in [0.3, 0.4) is 0 Å². The molecular formula is C17H21N3. The number of fused-ring (bicyclic) bond motifs is 2. The average Bonchev–Trinajstić information content (AvgIpc) is 2.89. The molecule has 3 heteroatoms. The fourth-order valence-corrected chi connectivity index (χ4v) is 3.75. The first-order chi connectivity index (χ1) is 9.88. The van der Waals surface area contributed by atoms with Gasteiger partial charge < -0.3 is 5.32 Å². The lowest BCUT2D eigenvalue weighted by atomic mass is 9.94. The predicted molar refractivity (Wildman–Crippen MR) is 81.5 cm³/mol. The summed E-state index contributed by atoms with van der Waals surface area (Å²) in [5, 5.41) is 4.92. The number of aromatic nitrogens is 1. The zero-order valence-corrected chi connectivity index (χ0v) is 11.8. The molecule has 1 N–H and O–H groups in total. The van der Waals surface area contributed by atoms with Gasteiger partial charge in [0.25, 0.3) is 0 Å². The molecule has 2 aromatic rings. The van der Waals surface area contributed by atoms with E-state index in [9.17, 15) is 0 Å². The van der Waals surface area contributed by atoms with E-state index >= 15 is 0 Å². The van der Waals surface area contributed by atoms with Gasteiger partial charge in [-0.1, -0.05) is 12.1 Å². The summed E-state index contributed by atoms with van der Waals surface area (Å²) >= 11 is 0. The van der Waals surface area contributed by atoms with Gasteiger partial charge in [0.2, 0.25) is 0 Å². The molecular weight excluding hydrogens is 246 g/mol. The third kappa shape index (κ3) is 2.32. The second-order valence-electron chi connectivity index (χ2n) is 6.19. The van der Waals surface area contributed by atoms with Gasteiger partial charge in [-0.05, 0) is 49.1 Å². The van der Waals surface area contributed by atoms with E-state index in [4.69, 9.17) is 0 Å². The number of likely N-dealkylation sites (tertiary alicyclic amines) is 1. The molecule has 0 spiro atoms. The second-order valence-corrected chi connectivity index (χ2v) is 6.19. The summed E-state index contributed by atoms with van der Waals surface area (Å²) in [5.74, 6) is 0.867. The van der Waals surface area contributed by atoms with E-state index in [1.165, 1.54) is 43.4 Å². The number of benzene rings is 1. The average molecular weight is 267 g/mol. The zero-order valence-electron chi connectivity index (χ0n) is 11.8. The Labute approximate surface area is 120 Å². The summed E-state index contributed by atoms with van der Waals surface area (Å²) < 4.78 is 0. The third-order valence-electron chi connectivity index (χ3n) is 4.75. The molecule has 2 aliphatic heterocycles. The lowest BCUT2D eigenvalue weighted by Crippen LogP contribution is -2.40. The first-order valence-electron chi connectivity index (χ1n) is 7.68. The van der Waals surface area contributed by atoms with Crippen LogP contribution in [0.5, 0.6) is 0 Å². The van der Waals surface area contributed by atoms with Crippen molar-refractivity contribution in [3.8, 4) is 0 Å². The summed E-state index contributed by atoms with van der Waals surface area (Å²) in [6, 6.07) is 11.6. The zero-order chi connectivity index (χ0) is 13.4. The van der Waals surface area contributed by atoms with E-state index in [2.05, 4.69) is 39.5 Å². The van der Waals surface area contributed by atoms with Crippen molar-refractivity contribution < 1.29 is 0 Å². The van der Waals surface area contributed by atoms with E-state index in [0.29, 0.717) is 0 Å². The SMILES string of the molecule is c1cnc2ccc(CN3CC4CCCNC4C3)cc2c1. The van der Waals surface area contributed by atoms with Gasteiger partial charge in [0.1, 0.15) is 0 Å². The lowest BCUT2D eigenvalue weighted by molar-refractivity contribution is 0.313. The Kier molecular flexibility index (Phi) is 3.17. The van der Waals surface area contributed by atoms with Crippen molar-refractivity contribution in [3.05, 3.63) is 42.1 Å². The topological polar surface area (TPSA) is 28.2 Å². The molecule has 4 rings (SSSR count). The standard InChI is InChI=1S/C17H21N3/c1-3-14-9-13(5-6-16(14)18-7-1)10-20-11-15-4-2-8-19-17(15)12-20/h1,3,5-7,9,15,17,19H,2,4,8,10-12H2. The first kappa shape index (κ1) is 12.3. The van der Waals surface area contributed by atoms with Crippen molar-refractivity contribution in [3.63, 3.8) is 0 Å². The Hall–Kier alpha value is -1.45. The predicted octanol–water partition coefficient (Wildman–Crippen LogP) is 2.42. The number of nitrogens with zero attached hydrogens (tertiary/aromatic N) is 2. The molecule has 0 bridgehead atoms. The maximum absolute atomic E-state index is 4.39. The first-order valence-corrected chi connectivity index (χ1v) is 7.68. The minimum absolute atomic E-state index is 0.728. The van der Waals surface area contributed by atoms with Gasteiger partial charge in [-0.15, -0.1) is 0 Å². The molecule has 0 saturated carbocycles. The van der Waals surface area contributed by atoms with E-state index in [0.717, 1.165) is 24.0 Å². The highest BCUT2D eigenvalue weighted by Crippen LogP contribution is 2.26. The van der Waals surface area contributed by atoms with E-state index in [1.54, 1.807) is 0 Å². The highest BCUT2D eigenvalue weighted by molar-refractivity contribution is 5.78. The quantitative estimate of drug-likeness (QED) is 0.905. The van der Waals surface area contributed by atoms with Crippen LogP contribution in [0.4, 0.5) is 0 Å². The minimum Gasteiger partial charge on any atom is -0.312 e. The Bertz CT molecular complexity index is 596. The van der Waals surface area contributed by atoms with Crippen molar-refractivity contribution in [1.29, 1.82) is 0 Å². The Morgan fingerprint density at radius 2 is 2.25 bits per heavy atom. The maximum Gasteiger partial charge on any atom is 0.0702 e. The largest absolute Gasteiger partial charge is 0.312 e. The van der Waals surface area contributed by atoms with Crippen LogP contribution in [0.1, 0.15) is 18.4 Å². The molecule has 2 unspecified atom stereocenters. The van der Waals surface area contributed by atoms with Gasteiger partial charge in [0.05, 0.1) is 5.52 Å². The number of rotatable bonds is 2. The molecule has 0 radical (unpaired) electrons. The summed E-state index contributed by atoms with van der Waals surface area (Å²) in [5.41, 5.74) is 2.50. The summed E-state index contributed by atoms with van der Waals surface area (Å²) in [4.78, 5) is 6.99. The van der Waals surface area contributed by atoms with E-state index in [-0.39, 0.29) is 0 Å². The highest BCUT2D eigenvalue weighted by Gasteiger charge is 2.33. The van der Waals surface area contributed by atoms with Crippen molar-refractivity contribution in [2.24, 2.45) is 5.92 Å². The van der Waals surface area contributed by atoms with E-state index in [1.807, 2.05) is 12.3 Å². The number of hydrogen-bond donors (Lipinski definition) is 1. The van der Waals surface area contributed by atoms with Crippen LogP contribution in [0.15, 0.2) is 36.5 Å². The fourth-order valence-electron chi connectivity index (χ4n) is 3.75. The van der Waals surface area contributed by atoms with Crippen LogP contribution in [0, 0.1) is 5.92 Å². The Morgan fingerprint density at radius 3 is 3.20 bits per heavy atom. The van der Waals surface area contributed by atoms with Gasteiger partial charge in [0, 0.05) is 37.3 Å². The number of piperidine rings is 1. The molecule has 2 fully saturated rings. The van der Waals surface area contributed by atoms with Crippen LogP contribution in [0.2, 0.25) is 0 Å². The molecule has 0 amide bonds. The minimum atomic E-state index is 0.728. The van der Waals surface area contributed by atoms with Gasteiger partial charge in [-0.25, -0.2) is 0 Å². The second kappa shape index (κ2) is 5.15. The molecule has 2 saturated heterocycles. The number of nitrogens with one attached hydrogen (secondary N) is 1. The molecule has 0 aliphatic carbocycles. The highest BCUT2D eigenvalue weighted by atomic mass is 15.2. The third-order valence-corrected chi connectivity index (χ3v) is 4.75. The number of hydrogen-bond acceptors (Lipinski definition) is 3. The summed E-state index contributed by atoms with van der Waals surface area (Å²) in [6.45, 7) is 4.73. The molecule has 2 atom stereocenters. The van der Waals surface area contributed by atoms with Gasteiger partial charge in [-0.2, -0.15) is 0 Å². The van der Waals surface area contributed by atoms with Crippen molar-refractivity contribution >= 4 is 10.9 Å². The molecule has 2 aliphatic rings. The molecule has 3 nitrogen and oxygen atoms in total. The summed E-state index contributed by atoms with van der Waals surface area (Å²) in [7, 11) is 0. The van der Waals surface area contributed by atoms with Gasteiger partial charge in [-0.3, -0.25) is 9.88 Å². The van der Waals surface area contributed by atoms with E-state index < -0.39 is 0 Å². The molecule has 104 valence electrons. The monoisotopic (exact) mass is 267 g/mol. The van der Waals surface area contributed by atoms with Crippen molar-refractivity contribution in [2.45, 2.75) is 25.4 Å². The van der Waals surface area contributed by atoms with Crippen molar-refractivity contribution in [2.75, 3.05) is 19.6 Å². The van der Waals surface area contributed by atoms with Crippen molar-refractivity contribution in [1.82, 2.24) is 15.2 Å². The smallest absolute Gasteiger partial charge is 0.0702 e. The number of pyridine rings is 1. The van der Waals surface area contributed by atoms with Crippen LogP contribution in [-0.4, -0.2) is 35.6 Å². The lowest BCUT2D eigenvalue weighted by Gasteiger charge is -2.24. The van der Waals surface area contributed by atoms with Crippen LogP contribution < -0.4 is 5.32 Å². The Morgan fingerprint density at radius 1 is 1.25 bits per heavy atom. The van der Waals surface area contributed by atoms with Crippen LogP contribution >= 0.6 is 0 Å². The fraction of sp³-hybridized carbons (Fsp3) is 0.471. The molecule has 1 aromatic heterocycles. The molecule has 3 heterocycles. The normalized spacial score (nSPS) is 26.8.